The number of hydrogen-bond donors (Lipinski definition) is 1. The summed E-state index contributed by atoms with van der Waals surface area (Å²) in [5.74, 6) is -1.28. The minimum Gasteiger partial charge on any atom is -0.480 e. The van der Waals surface area contributed by atoms with Crippen LogP contribution in [0.2, 0.25) is 0 Å². The van der Waals surface area contributed by atoms with Crippen molar-refractivity contribution in [2.45, 2.75) is 38.6 Å². The molecule has 1 saturated heterocycles. The molecule has 1 fully saturated rings. The fourth-order valence-electron chi connectivity index (χ4n) is 2.23. The summed E-state index contributed by atoms with van der Waals surface area (Å²) < 4.78 is 0. The highest BCUT2D eigenvalue weighted by molar-refractivity contribution is 7.80. The summed E-state index contributed by atoms with van der Waals surface area (Å²) in [7, 11) is 0. The van der Waals surface area contributed by atoms with Crippen LogP contribution in [0.4, 0.5) is 0 Å². The van der Waals surface area contributed by atoms with Gasteiger partial charge in [0.25, 0.3) is 0 Å². The van der Waals surface area contributed by atoms with Gasteiger partial charge in [0.2, 0.25) is 0 Å². The van der Waals surface area contributed by atoms with Crippen molar-refractivity contribution in [3.05, 3.63) is 0 Å². The number of carboxylic acids is 1. The third-order valence-corrected chi connectivity index (χ3v) is 3.61. The molecule has 98 valence electrons. The van der Waals surface area contributed by atoms with Crippen LogP contribution >= 0.6 is 12.2 Å². The Morgan fingerprint density at radius 2 is 2.28 bits per heavy atom. The number of likely N-dealkylation sites (tertiary alicyclic amines) is 1. The van der Waals surface area contributed by atoms with Crippen molar-refractivity contribution >= 4 is 29.0 Å². The maximum absolute atomic E-state index is 11.2. The molecule has 1 aliphatic rings. The monoisotopic (exact) mass is 268 g/mol. The molecule has 0 aromatic heterocycles. The molecule has 6 heteroatoms. The average Bonchev–Trinajstić information content (AvgIpc) is 2.75. The standard InChI is InChI=1S/C12H16N2O3S/c1-8(15)7-9(4-5-13)11(18)14-6-2-3-10(14)12(16)17/h9-10H,2-4,6-7H2,1H3,(H,16,17)/t9?,10-/m0/s1. The highest BCUT2D eigenvalue weighted by Crippen LogP contribution is 2.24. The summed E-state index contributed by atoms with van der Waals surface area (Å²) in [5.41, 5.74) is 0. The predicted octanol–water partition coefficient (Wildman–Crippen LogP) is 1.37. The first kappa shape index (κ1) is 14.6. The number of rotatable bonds is 5. The number of thiocarbonyl (C=S) groups is 1. The summed E-state index contributed by atoms with van der Waals surface area (Å²) in [4.78, 5) is 24.3. The average molecular weight is 268 g/mol. The van der Waals surface area contributed by atoms with E-state index in [1.165, 1.54) is 6.92 Å². The van der Waals surface area contributed by atoms with E-state index in [0.29, 0.717) is 18.0 Å². The Kier molecular flexibility index (Phi) is 5.23. The zero-order chi connectivity index (χ0) is 13.7. The van der Waals surface area contributed by atoms with Gasteiger partial charge in [0.1, 0.15) is 11.8 Å². The Morgan fingerprint density at radius 1 is 1.61 bits per heavy atom. The second-order valence-corrected chi connectivity index (χ2v) is 4.91. The Bertz CT molecular complexity index is 403. The Labute approximate surface area is 111 Å². The highest BCUT2D eigenvalue weighted by Gasteiger charge is 2.34. The Hall–Kier alpha value is -1.48. The number of hydrogen-bond acceptors (Lipinski definition) is 4. The molecule has 1 aliphatic heterocycles. The maximum atomic E-state index is 11.2. The normalized spacial score (nSPS) is 20.2. The van der Waals surface area contributed by atoms with Gasteiger partial charge in [-0.05, 0) is 19.8 Å². The van der Waals surface area contributed by atoms with Crippen molar-refractivity contribution in [1.29, 1.82) is 5.26 Å². The van der Waals surface area contributed by atoms with Crippen molar-refractivity contribution in [2.24, 2.45) is 5.92 Å². The summed E-state index contributed by atoms with van der Waals surface area (Å²) in [6.45, 7) is 2.04. The van der Waals surface area contributed by atoms with Crippen molar-refractivity contribution in [2.75, 3.05) is 6.54 Å². The quantitative estimate of drug-likeness (QED) is 0.758. The van der Waals surface area contributed by atoms with E-state index in [2.05, 4.69) is 0 Å². The van der Waals surface area contributed by atoms with E-state index in [-0.39, 0.29) is 24.5 Å². The first-order chi connectivity index (χ1) is 8.47. The maximum Gasteiger partial charge on any atom is 0.326 e. The fraction of sp³-hybridized carbons (Fsp3) is 0.667. The van der Waals surface area contributed by atoms with Crippen LogP contribution in [0.5, 0.6) is 0 Å². The number of carbonyl (C=O) groups is 2. The summed E-state index contributed by atoms with van der Waals surface area (Å²) >= 11 is 5.27. The van der Waals surface area contributed by atoms with Gasteiger partial charge in [-0.15, -0.1) is 0 Å². The molecule has 0 amide bonds. The topological polar surface area (TPSA) is 81.4 Å². The first-order valence-corrected chi connectivity index (χ1v) is 6.28. The van der Waals surface area contributed by atoms with Crippen LogP contribution in [-0.4, -0.2) is 39.3 Å². The van der Waals surface area contributed by atoms with Gasteiger partial charge in [-0.3, -0.25) is 0 Å². The SMILES string of the molecule is CC(=O)CC(CC#N)C(=S)N1CCC[C@H]1C(=O)O. The lowest BCUT2D eigenvalue weighted by Crippen LogP contribution is -2.42. The molecular weight excluding hydrogens is 252 g/mol. The number of carbonyl (C=O) groups excluding carboxylic acids is 1. The lowest BCUT2D eigenvalue weighted by atomic mass is 9.98. The summed E-state index contributed by atoms with van der Waals surface area (Å²) in [5, 5.41) is 17.9. The summed E-state index contributed by atoms with van der Waals surface area (Å²) in [6, 6.07) is 1.40. The van der Waals surface area contributed by atoms with Crippen LogP contribution in [-0.2, 0) is 9.59 Å². The molecule has 5 nitrogen and oxygen atoms in total. The van der Waals surface area contributed by atoms with Crippen LogP contribution in [0.3, 0.4) is 0 Å². The van der Waals surface area contributed by atoms with Crippen LogP contribution in [0.15, 0.2) is 0 Å². The van der Waals surface area contributed by atoms with E-state index < -0.39 is 12.0 Å². The summed E-state index contributed by atoms with van der Waals surface area (Å²) in [6.07, 6.45) is 1.70. The van der Waals surface area contributed by atoms with Gasteiger partial charge in [0.05, 0.1) is 11.1 Å². The van der Waals surface area contributed by atoms with Gasteiger partial charge >= 0.3 is 5.97 Å². The smallest absolute Gasteiger partial charge is 0.326 e. The molecule has 0 bridgehead atoms. The molecule has 0 aromatic rings. The second kappa shape index (κ2) is 6.45. The van der Waals surface area contributed by atoms with Crippen LogP contribution in [0, 0.1) is 17.2 Å². The molecule has 0 saturated carbocycles. The molecule has 0 radical (unpaired) electrons. The fourth-order valence-corrected chi connectivity index (χ4v) is 2.61. The zero-order valence-corrected chi connectivity index (χ0v) is 11.1. The van der Waals surface area contributed by atoms with Gasteiger partial charge in [0.15, 0.2) is 0 Å². The molecule has 1 unspecified atom stereocenters. The molecule has 18 heavy (non-hydrogen) atoms. The minimum absolute atomic E-state index is 0.0383. The number of carboxylic acid groups (broad SMARTS) is 1. The Balaban J connectivity index is 2.79. The van der Waals surface area contributed by atoms with E-state index >= 15 is 0 Å². The van der Waals surface area contributed by atoms with Crippen LogP contribution in [0.25, 0.3) is 0 Å². The number of nitrogens with zero attached hydrogens (tertiary/aromatic N) is 2. The van der Waals surface area contributed by atoms with Gasteiger partial charge in [-0.1, -0.05) is 12.2 Å². The molecule has 1 N–H and O–H groups in total. The molecule has 0 aliphatic carbocycles. The zero-order valence-electron chi connectivity index (χ0n) is 10.3. The van der Waals surface area contributed by atoms with Gasteiger partial charge < -0.3 is 14.8 Å². The molecule has 1 rings (SSSR count). The van der Waals surface area contributed by atoms with E-state index in [1.807, 2.05) is 6.07 Å². The minimum atomic E-state index is -0.895. The van der Waals surface area contributed by atoms with E-state index in [4.69, 9.17) is 22.6 Å². The highest BCUT2D eigenvalue weighted by atomic mass is 32.1. The largest absolute Gasteiger partial charge is 0.480 e. The second-order valence-electron chi connectivity index (χ2n) is 4.49. The molecule has 0 spiro atoms. The first-order valence-electron chi connectivity index (χ1n) is 5.87. The van der Waals surface area contributed by atoms with Crippen molar-refractivity contribution in [1.82, 2.24) is 4.90 Å². The molecule has 0 aromatic carbocycles. The van der Waals surface area contributed by atoms with E-state index in [0.717, 1.165) is 6.42 Å². The van der Waals surface area contributed by atoms with Gasteiger partial charge in [-0.2, -0.15) is 5.26 Å². The van der Waals surface area contributed by atoms with Crippen molar-refractivity contribution in [3.8, 4) is 6.07 Å². The third-order valence-electron chi connectivity index (χ3n) is 3.04. The predicted molar refractivity (Wildman–Crippen MR) is 69.0 cm³/mol. The van der Waals surface area contributed by atoms with Crippen molar-refractivity contribution < 1.29 is 14.7 Å². The van der Waals surface area contributed by atoms with E-state index in [9.17, 15) is 9.59 Å². The number of ketones is 1. The van der Waals surface area contributed by atoms with Gasteiger partial charge in [-0.25, -0.2) is 4.79 Å². The van der Waals surface area contributed by atoms with Crippen LogP contribution < -0.4 is 0 Å². The van der Waals surface area contributed by atoms with Gasteiger partial charge in [0, 0.05) is 25.3 Å². The number of aliphatic carboxylic acids is 1. The Morgan fingerprint density at radius 3 is 2.78 bits per heavy atom. The van der Waals surface area contributed by atoms with Crippen molar-refractivity contribution in [3.63, 3.8) is 0 Å². The molecular formula is C12H16N2O3S. The van der Waals surface area contributed by atoms with E-state index in [1.54, 1.807) is 4.90 Å². The lowest BCUT2D eigenvalue weighted by molar-refractivity contribution is -0.140. The van der Waals surface area contributed by atoms with Crippen LogP contribution in [0.1, 0.15) is 32.6 Å². The lowest BCUT2D eigenvalue weighted by Gasteiger charge is -2.28. The number of nitriles is 1. The number of Topliss-reactive ketones (excluding diaryl/α,β-unsaturated/α-hetero) is 1. The molecule has 1 heterocycles. The third kappa shape index (κ3) is 3.50. The molecule has 2 atom stereocenters.